The van der Waals surface area contributed by atoms with Crippen molar-refractivity contribution in [3.63, 3.8) is 0 Å². The normalized spacial score (nSPS) is 10.4. The van der Waals surface area contributed by atoms with Gasteiger partial charge in [-0.15, -0.1) is 5.10 Å². The minimum absolute atomic E-state index is 0.0396. The van der Waals surface area contributed by atoms with Gasteiger partial charge in [-0.05, 0) is 57.3 Å². The zero-order valence-electron chi connectivity index (χ0n) is 7.11. The lowest BCUT2D eigenvalue weighted by Gasteiger charge is -1.99. The zero-order valence-corrected chi connectivity index (χ0v) is 11.4. The summed E-state index contributed by atoms with van der Waals surface area (Å²) < 4.78 is 2.23. The van der Waals surface area contributed by atoms with E-state index in [4.69, 9.17) is 11.5 Å². The molecule has 0 aliphatic carbocycles. The molecule has 0 heterocycles. The maximum Gasteiger partial charge on any atom is 0.211 e. The standard InChI is InChI=1S/C8H8I2N4/c9-6-2-1-3-7(10)5(6)4-13-14-8(11)12/h1-4H,(H4,11,12,14)/b13-4+. The second-order valence-electron chi connectivity index (χ2n) is 2.40. The number of rotatable bonds is 2. The van der Waals surface area contributed by atoms with Gasteiger partial charge in [0.25, 0.3) is 0 Å². The molecular formula is C8H8I2N4. The summed E-state index contributed by atoms with van der Waals surface area (Å²) in [5.41, 5.74) is 11.3. The molecule has 0 unspecified atom stereocenters. The summed E-state index contributed by atoms with van der Waals surface area (Å²) >= 11 is 4.47. The van der Waals surface area contributed by atoms with E-state index in [2.05, 4.69) is 55.4 Å². The van der Waals surface area contributed by atoms with Crippen LogP contribution in [-0.2, 0) is 0 Å². The van der Waals surface area contributed by atoms with Crippen molar-refractivity contribution in [2.24, 2.45) is 21.7 Å². The molecule has 1 aromatic carbocycles. The molecule has 0 atom stereocenters. The van der Waals surface area contributed by atoms with E-state index in [0.29, 0.717) is 0 Å². The van der Waals surface area contributed by atoms with E-state index in [1.165, 1.54) is 0 Å². The van der Waals surface area contributed by atoms with Gasteiger partial charge < -0.3 is 11.5 Å². The number of nitrogens with zero attached hydrogens (tertiary/aromatic N) is 2. The molecule has 0 aliphatic heterocycles. The van der Waals surface area contributed by atoms with Crippen molar-refractivity contribution >= 4 is 57.4 Å². The largest absolute Gasteiger partial charge is 0.369 e. The van der Waals surface area contributed by atoms with Crippen molar-refractivity contribution < 1.29 is 0 Å². The molecule has 0 amide bonds. The van der Waals surface area contributed by atoms with E-state index in [0.717, 1.165) is 12.7 Å². The first-order chi connectivity index (χ1) is 6.61. The molecule has 74 valence electrons. The fraction of sp³-hybridized carbons (Fsp3) is 0. The maximum atomic E-state index is 5.14. The Morgan fingerprint density at radius 3 is 2.29 bits per heavy atom. The third kappa shape index (κ3) is 3.40. The van der Waals surface area contributed by atoms with Crippen LogP contribution in [0.4, 0.5) is 0 Å². The Hall–Kier alpha value is -0.380. The maximum absolute atomic E-state index is 5.14. The fourth-order valence-electron chi connectivity index (χ4n) is 0.787. The Morgan fingerprint density at radius 1 is 1.21 bits per heavy atom. The van der Waals surface area contributed by atoms with E-state index in [1.807, 2.05) is 18.2 Å². The molecule has 1 rings (SSSR count). The molecule has 0 saturated heterocycles. The van der Waals surface area contributed by atoms with Crippen LogP contribution in [0.25, 0.3) is 0 Å². The van der Waals surface area contributed by atoms with Gasteiger partial charge in [0.2, 0.25) is 5.96 Å². The van der Waals surface area contributed by atoms with Gasteiger partial charge >= 0.3 is 0 Å². The first-order valence-electron chi connectivity index (χ1n) is 3.67. The minimum Gasteiger partial charge on any atom is -0.369 e. The molecule has 0 fully saturated rings. The molecule has 0 radical (unpaired) electrons. The van der Waals surface area contributed by atoms with Crippen molar-refractivity contribution in [1.82, 2.24) is 0 Å². The van der Waals surface area contributed by atoms with E-state index in [9.17, 15) is 0 Å². The first kappa shape index (κ1) is 11.7. The summed E-state index contributed by atoms with van der Waals surface area (Å²) in [6, 6.07) is 5.99. The number of benzene rings is 1. The highest BCUT2D eigenvalue weighted by molar-refractivity contribution is 14.1. The lowest BCUT2D eigenvalue weighted by atomic mass is 10.2. The quantitative estimate of drug-likeness (QED) is 0.333. The van der Waals surface area contributed by atoms with Crippen LogP contribution in [0.2, 0.25) is 0 Å². The van der Waals surface area contributed by atoms with Gasteiger partial charge in [-0.2, -0.15) is 5.10 Å². The Balaban J connectivity index is 2.97. The number of hydrogen-bond acceptors (Lipinski definition) is 2. The molecule has 0 spiro atoms. The summed E-state index contributed by atoms with van der Waals surface area (Å²) in [6.45, 7) is 0. The lowest BCUT2D eigenvalue weighted by Crippen LogP contribution is -2.21. The summed E-state index contributed by atoms with van der Waals surface area (Å²) in [5, 5.41) is 7.30. The summed E-state index contributed by atoms with van der Waals surface area (Å²) in [5.74, 6) is -0.0396. The number of hydrogen-bond donors (Lipinski definition) is 2. The van der Waals surface area contributed by atoms with E-state index >= 15 is 0 Å². The minimum atomic E-state index is -0.0396. The summed E-state index contributed by atoms with van der Waals surface area (Å²) in [4.78, 5) is 0. The van der Waals surface area contributed by atoms with Gasteiger partial charge in [0.15, 0.2) is 0 Å². The molecule has 14 heavy (non-hydrogen) atoms. The molecule has 0 saturated carbocycles. The molecular weight excluding hydrogens is 406 g/mol. The third-order valence-corrected chi connectivity index (χ3v) is 3.24. The highest BCUT2D eigenvalue weighted by Crippen LogP contribution is 2.16. The lowest BCUT2D eigenvalue weighted by molar-refractivity contribution is 1.21. The van der Waals surface area contributed by atoms with Crippen molar-refractivity contribution in [3.8, 4) is 0 Å². The van der Waals surface area contributed by atoms with Crippen LogP contribution in [0.15, 0.2) is 28.4 Å². The summed E-state index contributed by atoms with van der Waals surface area (Å²) in [6.07, 6.45) is 1.64. The highest BCUT2D eigenvalue weighted by atomic mass is 127. The number of nitrogens with two attached hydrogens (primary N) is 2. The molecule has 6 heteroatoms. The average Bonchev–Trinajstić information content (AvgIpc) is 2.09. The van der Waals surface area contributed by atoms with Gasteiger partial charge in [0.05, 0.1) is 6.21 Å². The highest BCUT2D eigenvalue weighted by Gasteiger charge is 2.00. The number of guanidine groups is 1. The van der Waals surface area contributed by atoms with Crippen molar-refractivity contribution in [2.45, 2.75) is 0 Å². The SMILES string of the molecule is NC(N)=N/N=C/c1c(I)cccc1I. The van der Waals surface area contributed by atoms with E-state index < -0.39 is 0 Å². The van der Waals surface area contributed by atoms with E-state index in [1.54, 1.807) is 6.21 Å². The first-order valence-corrected chi connectivity index (χ1v) is 5.83. The van der Waals surface area contributed by atoms with Gasteiger partial charge in [-0.1, -0.05) is 6.07 Å². The van der Waals surface area contributed by atoms with Crippen LogP contribution in [0.5, 0.6) is 0 Å². The Kier molecular flexibility index (Phi) is 4.58. The predicted molar refractivity (Wildman–Crippen MR) is 75.3 cm³/mol. The van der Waals surface area contributed by atoms with Crippen LogP contribution < -0.4 is 11.5 Å². The Labute approximate surface area is 109 Å². The van der Waals surface area contributed by atoms with Crippen molar-refractivity contribution in [3.05, 3.63) is 30.9 Å². The average molecular weight is 414 g/mol. The van der Waals surface area contributed by atoms with Crippen LogP contribution >= 0.6 is 45.2 Å². The predicted octanol–water partition coefficient (Wildman–Crippen LogP) is 1.50. The zero-order chi connectivity index (χ0) is 10.6. The Bertz CT molecular complexity index is 363. The molecule has 4 N–H and O–H groups in total. The van der Waals surface area contributed by atoms with Crippen molar-refractivity contribution in [2.75, 3.05) is 0 Å². The fourth-order valence-corrected chi connectivity index (χ4v) is 2.58. The smallest absolute Gasteiger partial charge is 0.211 e. The van der Waals surface area contributed by atoms with Gasteiger partial charge in [-0.3, -0.25) is 0 Å². The van der Waals surface area contributed by atoms with Crippen LogP contribution in [0.1, 0.15) is 5.56 Å². The molecule has 0 aliphatic rings. The topological polar surface area (TPSA) is 76.8 Å². The van der Waals surface area contributed by atoms with E-state index in [-0.39, 0.29) is 5.96 Å². The van der Waals surface area contributed by atoms with Gasteiger partial charge in [-0.25, -0.2) is 0 Å². The van der Waals surface area contributed by atoms with Crippen LogP contribution in [0.3, 0.4) is 0 Å². The van der Waals surface area contributed by atoms with Crippen molar-refractivity contribution in [1.29, 1.82) is 0 Å². The second kappa shape index (κ2) is 5.49. The number of halogens is 2. The third-order valence-electron chi connectivity index (χ3n) is 1.36. The molecule has 1 aromatic rings. The van der Waals surface area contributed by atoms with Gasteiger partial charge in [0, 0.05) is 12.7 Å². The Morgan fingerprint density at radius 2 is 1.79 bits per heavy atom. The summed E-state index contributed by atoms with van der Waals surface area (Å²) in [7, 11) is 0. The monoisotopic (exact) mass is 414 g/mol. The molecule has 0 aromatic heterocycles. The molecule has 4 nitrogen and oxygen atoms in total. The van der Waals surface area contributed by atoms with Crippen LogP contribution in [-0.4, -0.2) is 12.2 Å². The van der Waals surface area contributed by atoms with Crippen LogP contribution in [0, 0.1) is 7.14 Å². The van der Waals surface area contributed by atoms with Gasteiger partial charge in [0.1, 0.15) is 0 Å². The molecule has 0 bridgehead atoms. The second-order valence-corrected chi connectivity index (χ2v) is 4.73.